The average Bonchev–Trinajstić information content (AvgIpc) is 3.11. The van der Waals surface area contributed by atoms with Gasteiger partial charge in [0, 0.05) is 17.1 Å². The lowest BCUT2D eigenvalue weighted by Gasteiger charge is -2.13. The molecule has 1 aliphatic heterocycles. The van der Waals surface area contributed by atoms with E-state index in [0.717, 1.165) is 6.07 Å². The van der Waals surface area contributed by atoms with Crippen molar-refractivity contribution in [3.05, 3.63) is 57.1 Å². The second kappa shape index (κ2) is 10.0. The number of esters is 1. The van der Waals surface area contributed by atoms with Crippen molar-refractivity contribution in [3.8, 4) is 17.2 Å². The van der Waals surface area contributed by atoms with Crippen LogP contribution in [0.2, 0.25) is 5.02 Å². The van der Waals surface area contributed by atoms with E-state index in [-0.39, 0.29) is 45.0 Å². The van der Waals surface area contributed by atoms with E-state index in [4.69, 9.17) is 25.8 Å². The molecular weight excluding hydrogens is 480 g/mol. The minimum atomic E-state index is -3.15. The summed E-state index contributed by atoms with van der Waals surface area (Å²) < 4.78 is 38.6. The summed E-state index contributed by atoms with van der Waals surface area (Å²) >= 11 is 5.80. The van der Waals surface area contributed by atoms with Gasteiger partial charge in [0.15, 0.2) is 27.9 Å². The summed E-state index contributed by atoms with van der Waals surface area (Å²) in [4.78, 5) is 34.8. The Labute approximate surface area is 193 Å². The molecule has 3 rings (SSSR count). The molecule has 1 unspecified atom stereocenters. The smallest absolute Gasteiger partial charge is 0.338 e. The van der Waals surface area contributed by atoms with Gasteiger partial charge in [-0.1, -0.05) is 11.6 Å². The SMILES string of the molecule is COc1cc(C(=O)OCC(=O)NC2CCS(=O)(=O)C2)ccc1Oc1ccc(Cl)cc1[N+](=O)[O-]. The molecule has 11 nitrogen and oxygen atoms in total. The van der Waals surface area contributed by atoms with Crippen molar-refractivity contribution in [1.29, 1.82) is 0 Å². The van der Waals surface area contributed by atoms with Gasteiger partial charge in [0.2, 0.25) is 5.75 Å². The number of carbonyl (C=O) groups is 2. The standard InChI is InChI=1S/C20H19ClN2O9S/c1-30-18-8-12(20(25)31-10-19(24)22-14-6-7-33(28,29)11-14)2-4-17(18)32-16-5-3-13(21)9-15(16)23(26)27/h2-5,8-9,14H,6-7,10-11H2,1H3,(H,22,24). The Morgan fingerprint density at radius 1 is 1.18 bits per heavy atom. The molecule has 0 saturated carbocycles. The third kappa shape index (κ3) is 6.33. The van der Waals surface area contributed by atoms with E-state index in [9.17, 15) is 28.1 Å². The van der Waals surface area contributed by atoms with Crippen LogP contribution in [0, 0.1) is 10.1 Å². The maximum absolute atomic E-state index is 12.3. The lowest BCUT2D eigenvalue weighted by molar-refractivity contribution is -0.385. The molecule has 1 aliphatic rings. The Kier molecular flexibility index (Phi) is 7.39. The lowest BCUT2D eigenvalue weighted by Crippen LogP contribution is -2.38. The molecular formula is C20H19ClN2O9S. The van der Waals surface area contributed by atoms with Crippen molar-refractivity contribution < 1.29 is 37.1 Å². The minimum absolute atomic E-state index is 0.00509. The van der Waals surface area contributed by atoms with Crippen LogP contribution in [0.4, 0.5) is 5.69 Å². The summed E-state index contributed by atoms with van der Waals surface area (Å²) in [6.45, 7) is -0.590. The van der Waals surface area contributed by atoms with Crippen molar-refractivity contribution in [2.45, 2.75) is 12.5 Å². The van der Waals surface area contributed by atoms with Crippen molar-refractivity contribution in [1.82, 2.24) is 5.32 Å². The number of amides is 1. The molecule has 1 N–H and O–H groups in total. The highest BCUT2D eigenvalue weighted by Crippen LogP contribution is 2.38. The number of hydrogen-bond donors (Lipinski definition) is 1. The van der Waals surface area contributed by atoms with Crippen LogP contribution in [0.1, 0.15) is 16.8 Å². The zero-order chi connectivity index (χ0) is 24.2. The molecule has 1 heterocycles. The van der Waals surface area contributed by atoms with Crippen LogP contribution in [0.3, 0.4) is 0 Å². The first kappa shape index (κ1) is 24.3. The Morgan fingerprint density at radius 2 is 1.91 bits per heavy atom. The van der Waals surface area contributed by atoms with Crippen LogP contribution >= 0.6 is 11.6 Å². The van der Waals surface area contributed by atoms with Gasteiger partial charge in [0.25, 0.3) is 5.91 Å². The predicted octanol–water partition coefficient (Wildman–Crippen LogP) is 2.51. The molecule has 1 amide bonds. The van der Waals surface area contributed by atoms with Gasteiger partial charge in [0.05, 0.1) is 29.1 Å². The van der Waals surface area contributed by atoms with Crippen molar-refractivity contribution in [2.24, 2.45) is 0 Å². The van der Waals surface area contributed by atoms with Gasteiger partial charge in [-0.15, -0.1) is 0 Å². The Balaban J connectivity index is 1.65. The van der Waals surface area contributed by atoms with Crippen LogP contribution in [-0.2, 0) is 19.4 Å². The van der Waals surface area contributed by atoms with Gasteiger partial charge >= 0.3 is 11.7 Å². The number of methoxy groups -OCH3 is 1. The van der Waals surface area contributed by atoms with E-state index in [1.54, 1.807) is 0 Å². The van der Waals surface area contributed by atoms with Gasteiger partial charge in [-0.2, -0.15) is 0 Å². The molecule has 1 fully saturated rings. The zero-order valence-corrected chi connectivity index (χ0v) is 18.8. The third-order valence-electron chi connectivity index (χ3n) is 4.67. The van der Waals surface area contributed by atoms with Gasteiger partial charge in [-0.05, 0) is 36.8 Å². The summed E-state index contributed by atoms with van der Waals surface area (Å²) in [5, 5.41) is 13.9. The van der Waals surface area contributed by atoms with E-state index in [1.807, 2.05) is 0 Å². The molecule has 1 saturated heterocycles. The molecule has 13 heteroatoms. The molecule has 1 atom stereocenters. The first-order chi connectivity index (χ1) is 15.6. The number of benzene rings is 2. The zero-order valence-electron chi connectivity index (χ0n) is 17.3. The Morgan fingerprint density at radius 3 is 2.55 bits per heavy atom. The van der Waals surface area contributed by atoms with E-state index in [1.165, 1.54) is 37.4 Å². The minimum Gasteiger partial charge on any atom is -0.493 e. The third-order valence-corrected chi connectivity index (χ3v) is 6.67. The average molecular weight is 499 g/mol. The molecule has 176 valence electrons. The number of nitrogens with zero attached hydrogens (tertiary/aromatic N) is 1. The van der Waals surface area contributed by atoms with E-state index in [0.29, 0.717) is 6.42 Å². The van der Waals surface area contributed by atoms with E-state index in [2.05, 4.69) is 5.32 Å². The first-order valence-corrected chi connectivity index (χ1v) is 11.7. The highest BCUT2D eigenvalue weighted by atomic mass is 35.5. The van der Waals surface area contributed by atoms with Crippen molar-refractivity contribution >= 4 is 39.0 Å². The van der Waals surface area contributed by atoms with Crippen molar-refractivity contribution in [2.75, 3.05) is 25.2 Å². The molecule has 0 radical (unpaired) electrons. The second-order valence-corrected chi connectivity index (χ2v) is 9.75. The number of nitrogens with one attached hydrogen (secondary N) is 1. The summed E-state index contributed by atoms with van der Waals surface area (Å²) in [5.41, 5.74) is -0.310. The second-order valence-electron chi connectivity index (χ2n) is 7.08. The molecule has 2 aromatic carbocycles. The summed E-state index contributed by atoms with van der Waals surface area (Å²) in [7, 11) is -1.84. The van der Waals surface area contributed by atoms with Crippen molar-refractivity contribution in [3.63, 3.8) is 0 Å². The number of nitro benzene ring substituents is 1. The highest BCUT2D eigenvalue weighted by Gasteiger charge is 2.29. The van der Waals surface area contributed by atoms with Crippen LogP contribution in [0.15, 0.2) is 36.4 Å². The van der Waals surface area contributed by atoms with Crippen LogP contribution in [0.5, 0.6) is 17.2 Å². The van der Waals surface area contributed by atoms with Gasteiger partial charge < -0.3 is 19.5 Å². The molecule has 0 aliphatic carbocycles. The van der Waals surface area contributed by atoms with Crippen LogP contribution in [-0.4, -0.2) is 56.5 Å². The summed E-state index contributed by atoms with van der Waals surface area (Å²) in [5.74, 6) is -1.47. The molecule has 33 heavy (non-hydrogen) atoms. The van der Waals surface area contributed by atoms with Gasteiger partial charge in [-0.3, -0.25) is 14.9 Å². The van der Waals surface area contributed by atoms with Crippen LogP contribution < -0.4 is 14.8 Å². The number of carbonyl (C=O) groups excluding carboxylic acids is 2. The quantitative estimate of drug-likeness (QED) is 0.328. The predicted molar refractivity (Wildman–Crippen MR) is 117 cm³/mol. The maximum Gasteiger partial charge on any atom is 0.338 e. The van der Waals surface area contributed by atoms with E-state index < -0.39 is 39.3 Å². The number of rotatable bonds is 8. The highest BCUT2D eigenvalue weighted by molar-refractivity contribution is 7.91. The maximum atomic E-state index is 12.3. The molecule has 0 bridgehead atoms. The first-order valence-electron chi connectivity index (χ1n) is 9.54. The summed E-state index contributed by atoms with van der Waals surface area (Å²) in [6.07, 6.45) is 0.312. The summed E-state index contributed by atoms with van der Waals surface area (Å²) in [6, 6.07) is 7.38. The molecule has 0 spiro atoms. The Bertz CT molecular complexity index is 1200. The molecule has 2 aromatic rings. The van der Waals surface area contributed by atoms with Gasteiger partial charge in [0.1, 0.15) is 0 Å². The molecule has 0 aromatic heterocycles. The normalized spacial score (nSPS) is 16.6. The van der Waals surface area contributed by atoms with Gasteiger partial charge in [-0.25, -0.2) is 13.2 Å². The number of sulfone groups is 1. The lowest BCUT2D eigenvalue weighted by atomic mass is 10.2. The van der Waals surface area contributed by atoms with E-state index >= 15 is 0 Å². The number of nitro groups is 1. The fraction of sp³-hybridized carbons (Fsp3) is 0.300. The fourth-order valence-electron chi connectivity index (χ4n) is 3.11. The number of hydrogen-bond acceptors (Lipinski definition) is 9. The Hall–Kier alpha value is -3.38. The fourth-order valence-corrected chi connectivity index (χ4v) is 4.95. The topological polar surface area (TPSA) is 151 Å². The van der Waals surface area contributed by atoms with Crippen LogP contribution in [0.25, 0.3) is 0 Å². The largest absolute Gasteiger partial charge is 0.493 e. The number of ether oxygens (including phenoxy) is 3. The monoisotopic (exact) mass is 498 g/mol. The number of halogens is 1.